The molecule has 0 bridgehead atoms. The molecule has 0 amide bonds. The van der Waals surface area contributed by atoms with Crippen molar-refractivity contribution < 1.29 is 14.2 Å². The molecule has 0 radical (unpaired) electrons. The predicted molar refractivity (Wildman–Crippen MR) is 64.2 cm³/mol. The van der Waals surface area contributed by atoms with Gasteiger partial charge < -0.3 is 14.2 Å². The minimum absolute atomic E-state index is 0.292. The maximum atomic E-state index is 9.25. The molecule has 1 aliphatic carbocycles. The van der Waals surface area contributed by atoms with Crippen molar-refractivity contribution in [1.29, 1.82) is 5.26 Å². The fourth-order valence-electron chi connectivity index (χ4n) is 2.34. The topological polar surface area (TPSA) is 51.5 Å². The third-order valence-electron chi connectivity index (χ3n) is 3.62. The zero-order chi connectivity index (χ0) is 12.6. The first-order valence-corrected chi connectivity index (χ1v) is 6.12. The van der Waals surface area contributed by atoms with Crippen LogP contribution in [0.25, 0.3) is 0 Å². The highest BCUT2D eigenvalue weighted by Crippen LogP contribution is 2.49. The van der Waals surface area contributed by atoms with Crippen molar-refractivity contribution in [2.24, 2.45) is 0 Å². The van der Waals surface area contributed by atoms with Crippen LogP contribution < -0.4 is 4.74 Å². The molecular weight excluding hydrogens is 230 g/mol. The number of ether oxygens (including phenoxy) is 3. The van der Waals surface area contributed by atoms with Crippen molar-refractivity contribution in [3.8, 4) is 11.8 Å². The molecule has 3 rings (SSSR count). The number of benzene rings is 1. The summed E-state index contributed by atoms with van der Waals surface area (Å²) in [5.74, 6) is 0.749. The van der Waals surface area contributed by atoms with Crippen LogP contribution in [0.1, 0.15) is 30.3 Å². The van der Waals surface area contributed by atoms with Gasteiger partial charge in [-0.25, -0.2) is 0 Å². The Labute approximate surface area is 106 Å². The van der Waals surface area contributed by atoms with E-state index in [4.69, 9.17) is 14.2 Å². The Bertz CT molecular complexity index is 496. The predicted octanol–water partition coefficient (Wildman–Crippen LogP) is 2.30. The molecule has 4 nitrogen and oxygen atoms in total. The monoisotopic (exact) mass is 245 g/mol. The molecule has 18 heavy (non-hydrogen) atoms. The highest BCUT2D eigenvalue weighted by molar-refractivity contribution is 5.46. The first kappa shape index (κ1) is 11.5. The van der Waals surface area contributed by atoms with Crippen LogP contribution in [0.2, 0.25) is 0 Å². The van der Waals surface area contributed by atoms with Crippen LogP contribution in [0, 0.1) is 11.3 Å². The van der Waals surface area contributed by atoms with Crippen LogP contribution in [0.15, 0.2) is 18.2 Å². The smallest absolute Gasteiger partial charge is 0.187 e. The zero-order valence-corrected chi connectivity index (χ0v) is 10.3. The number of nitrogens with zero attached hydrogens (tertiary/aromatic N) is 1. The lowest BCUT2D eigenvalue weighted by Gasteiger charge is -2.16. The molecule has 1 saturated carbocycles. The lowest BCUT2D eigenvalue weighted by Crippen LogP contribution is -2.07. The van der Waals surface area contributed by atoms with E-state index >= 15 is 0 Å². The molecule has 1 aliphatic heterocycles. The van der Waals surface area contributed by atoms with E-state index in [-0.39, 0.29) is 11.7 Å². The van der Waals surface area contributed by atoms with Crippen molar-refractivity contribution in [1.82, 2.24) is 0 Å². The summed E-state index contributed by atoms with van der Waals surface area (Å²) >= 11 is 0. The van der Waals surface area contributed by atoms with Crippen molar-refractivity contribution in [3.05, 3.63) is 29.3 Å². The molecule has 0 spiro atoms. The van der Waals surface area contributed by atoms with Gasteiger partial charge in [0.25, 0.3) is 0 Å². The van der Waals surface area contributed by atoms with Gasteiger partial charge in [-0.1, -0.05) is 6.07 Å². The van der Waals surface area contributed by atoms with Gasteiger partial charge in [-0.05, 0) is 30.5 Å². The van der Waals surface area contributed by atoms with Crippen LogP contribution in [0.3, 0.4) is 0 Å². The fourth-order valence-corrected chi connectivity index (χ4v) is 2.34. The standard InChI is InChI=1S/C14H15NO3/c1-16-12-3-2-10(14(9-15)4-5-14)8-11(12)13-17-6-7-18-13/h2-3,8,13H,4-7H2,1H3. The normalized spacial score (nSPS) is 21.6. The number of methoxy groups -OCH3 is 1. The van der Waals surface area contributed by atoms with Crippen LogP contribution >= 0.6 is 0 Å². The number of hydrogen-bond acceptors (Lipinski definition) is 4. The number of hydrogen-bond donors (Lipinski definition) is 0. The SMILES string of the molecule is COc1ccc(C2(C#N)CC2)cc1C1OCCO1. The van der Waals surface area contributed by atoms with E-state index in [0.29, 0.717) is 13.2 Å². The Balaban J connectivity index is 1.99. The molecule has 0 aromatic heterocycles. The Hall–Kier alpha value is -1.57. The molecule has 2 aliphatic rings. The lowest BCUT2D eigenvalue weighted by atomic mass is 9.95. The fraction of sp³-hybridized carbons (Fsp3) is 0.500. The maximum Gasteiger partial charge on any atom is 0.187 e. The second-order valence-corrected chi connectivity index (χ2v) is 4.72. The van der Waals surface area contributed by atoms with Crippen LogP contribution in [-0.4, -0.2) is 20.3 Å². The molecule has 2 fully saturated rings. The first-order valence-electron chi connectivity index (χ1n) is 6.12. The van der Waals surface area contributed by atoms with Gasteiger partial charge in [0.1, 0.15) is 5.75 Å². The zero-order valence-electron chi connectivity index (χ0n) is 10.3. The Kier molecular flexibility index (Phi) is 2.73. The largest absolute Gasteiger partial charge is 0.496 e. The average molecular weight is 245 g/mol. The Morgan fingerprint density at radius 2 is 2.06 bits per heavy atom. The van der Waals surface area contributed by atoms with Gasteiger partial charge >= 0.3 is 0 Å². The van der Waals surface area contributed by atoms with Crippen LogP contribution in [0.4, 0.5) is 0 Å². The van der Waals surface area contributed by atoms with Gasteiger partial charge in [-0.15, -0.1) is 0 Å². The summed E-state index contributed by atoms with van der Waals surface area (Å²) in [6.45, 7) is 1.20. The van der Waals surface area contributed by atoms with Crippen LogP contribution in [-0.2, 0) is 14.9 Å². The summed E-state index contributed by atoms with van der Waals surface area (Å²) < 4.78 is 16.4. The van der Waals surface area contributed by atoms with E-state index in [1.165, 1.54) is 0 Å². The third kappa shape index (κ3) is 1.76. The van der Waals surface area contributed by atoms with Gasteiger partial charge in [0.2, 0.25) is 0 Å². The average Bonchev–Trinajstić information content (AvgIpc) is 3.04. The lowest BCUT2D eigenvalue weighted by molar-refractivity contribution is -0.0455. The molecule has 0 atom stereocenters. The molecule has 4 heteroatoms. The minimum atomic E-state index is -0.366. The molecule has 94 valence electrons. The molecule has 0 N–H and O–H groups in total. The van der Waals surface area contributed by atoms with Crippen molar-refractivity contribution in [2.45, 2.75) is 24.5 Å². The highest BCUT2D eigenvalue weighted by Gasteiger charge is 2.45. The number of rotatable bonds is 3. The van der Waals surface area contributed by atoms with E-state index in [9.17, 15) is 5.26 Å². The quantitative estimate of drug-likeness (QED) is 0.819. The summed E-state index contributed by atoms with van der Waals surface area (Å²) in [5, 5.41) is 9.25. The Morgan fingerprint density at radius 1 is 1.33 bits per heavy atom. The van der Waals surface area contributed by atoms with E-state index in [0.717, 1.165) is 29.7 Å². The third-order valence-corrected chi connectivity index (χ3v) is 3.62. The summed E-state index contributed by atoms with van der Waals surface area (Å²) in [6, 6.07) is 8.25. The molecule has 1 aromatic rings. The summed E-state index contributed by atoms with van der Waals surface area (Å²) in [7, 11) is 1.63. The molecule has 0 unspecified atom stereocenters. The maximum absolute atomic E-state index is 9.25. The van der Waals surface area contributed by atoms with Gasteiger partial charge in [0.15, 0.2) is 6.29 Å². The van der Waals surface area contributed by atoms with Gasteiger partial charge in [-0.2, -0.15) is 5.26 Å². The summed E-state index contributed by atoms with van der Waals surface area (Å²) in [6.07, 6.45) is 1.50. The van der Waals surface area contributed by atoms with Crippen LogP contribution in [0.5, 0.6) is 5.75 Å². The van der Waals surface area contributed by atoms with Crippen molar-refractivity contribution >= 4 is 0 Å². The molecule has 1 aromatic carbocycles. The van der Waals surface area contributed by atoms with Crippen molar-refractivity contribution in [3.63, 3.8) is 0 Å². The van der Waals surface area contributed by atoms with Gasteiger partial charge in [-0.3, -0.25) is 0 Å². The second kappa shape index (κ2) is 4.27. The second-order valence-electron chi connectivity index (χ2n) is 4.72. The molecule has 1 saturated heterocycles. The summed E-state index contributed by atoms with van der Waals surface area (Å²) in [4.78, 5) is 0. The Morgan fingerprint density at radius 3 is 2.61 bits per heavy atom. The first-order chi connectivity index (χ1) is 8.79. The van der Waals surface area contributed by atoms with Gasteiger partial charge in [0, 0.05) is 0 Å². The minimum Gasteiger partial charge on any atom is -0.496 e. The molecular formula is C14H15NO3. The number of nitriles is 1. The van der Waals surface area contributed by atoms with Gasteiger partial charge in [0.05, 0.1) is 37.4 Å². The van der Waals surface area contributed by atoms with E-state index in [1.54, 1.807) is 7.11 Å². The molecule has 1 heterocycles. The van der Waals surface area contributed by atoms with E-state index < -0.39 is 0 Å². The summed E-state index contributed by atoms with van der Waals surface area (Å²) in [5.41, 5.74) is 1.63. The van der Waals surface area contributed by atoms with E-state index in [1.807, 2.05) is 18.2 Å². The highest BCUT2D eigenvalue weighted by atomic mass is 16.7. The van der Waals surface area contributed by atoms with Crippen molar-refractivity contribution in [2.75, 3.05) is 20.3 Å². The van der Waals surface area contributed by atoms with E-state index in [2.05, 4.69) is 6.07 Å².